The molecule has 0 saturated carbocycles. The van der Waals surface area contributed by atoms with E-state index in [1.54, 1.807) is 22.9 Å². The molecule has 0 bridgehead atoms. The molecule has 3 rings (SSSR count). The molecule has 1 atom stereocenters. The molecule has 1 unspecified atom stereocenters. The third-order valence-corrected chi connectivity index (χ3v) is 3.91. The summed E-state index contributed by atoms with van der Waals surface area (Å²) in [5.41, 5.74) is 2.59. The summed E-state index contributed by atoms with van der Waals surface area (Å²) in [7, 11) is 0. The van der Waals surface area contributed by atoms with Crippen LogP contribution in [0.3, 0.4) is 0 Å². The van der Waals surface area contributed by atoms with Gasteiger partial charge < -0.3 is 10.4 Å². The molecule has 0 aliphatic rings. The highest BCUT2D eigenvalue weighted by Gasteiger charge is 2.13. The summed E-state index contributed by atoms with van der Waals surface area (Å²) >= 11 is 11.9. The van der Waals surface area contributed by atoms with Crippen molar-refractivity contribution >= 4 is 29.2 Å². The van der Waals surface area contributed by atoms with Crippen molar-refractivity contribution in [3.8, 4) is 5.69 Å². The average molecular weight is 364 g/mol. The van der Waals surface area contributed by atoms with Crippen LogP contribution in [0.4, 0.5) is 5.95 Å². The predicted molar refractivity (Wildman–Crippen MR) is 93.8 cm³/mol. The summed E-state index contributed by atoms with van der Waals surface area (Å²) in [5.74, 6) is 0.436. The molecule has 0 spiro atoms. The molecule has 0 saturated heterocycles. The van der Waals surface area contributed by atoms with Crippen LogP contribution in [0.2, 0.25) is 10.0 Å². The quantitative estimate of drug-likeness (QED) is 0.726. The Kier molecular flexibility index (Phi) is 4.99. The normalized spacial score (nSPS) is 12.2. The van der Waals surface area contributed by atoms with Crippen LogP contribution >= 0.6 is 23.2 Å². The van der Waals surface area contributed by atoms with Gasteiger partial charge in [-0.3, -0.25) is 0 Å². The lowest BCUT2D eigenvalue weighted by Crippen LogP contribution is -2.15. The zero-order chi connectivity index (χ0) is 17.1. The summed E-state index contributed by atoms with van der Waals surface area (Å²) in [6.45, 7) is 2.22. The van der Waals surface area contributed by atoms with Crippen molar-refractivity contribution in [3.05, 3.63) is 63.6 Å². The zero-order valence-corrected chi connectivity index (χ0v) is 14.3. The van der Waals surface area contributed by atoms with Gasteiger partial charge >= 0.3 is 0 Å². The number of aromatic nitrogens is 4. The maximum absolute atomic E-state index is 10.3. The highest BCUT2D eigenvalue weighted by molar-refractivity contribution is 6.34. The van der Waals surface area contributed by atoms with Crippen LogP contribution in [0.25, 0.3) is 5.69 Å². The van der Waals surface area contributed by atoms with Crippen LogP contribution in [0.15, 0.2) is 42.5 Å². The smallest absolute Gasteiger partial charge is 0.247 e. The predicted octanol–water partition coefficient (Wildman–Crippen LogP) is 3.42. The molecular formula is C16H15Cl2N5O. The molecule has 0 amide bonds. The molecular weight excluding hydrogens is 349 g/mol. The molecule has 2 aromatic carbocycles. The first-order valence-electron chi connectivity index (χ1n) is 7.26. The van der Waals surface area contributed by atoms with Crippen LogP contribution in [-0.2, 0) is 0 Å². The van der Waals surface area contributed by atoms with Gasteiger partial charge in [0.1, 0.15) is 0 Å². The minimum Gasteiger partial charge on any atom is -0.387 e. The highest BCUT2D eigenvalue weighted by Crippen LogP contribution is 2.24. The number of rotatable bonds is 5. The van der Waals surface area contributed by atoms with E-state index >= 15 is 0 Å². The third kappa shape index (κ3) is 3.84. The van der Waals surface area contributed by atoms with Gasteiger partial charge in [0.2, 0.25) is 5.95 Å². The van der Waals surface area contributed by atoms with E-state index in [9.17, 15) is 5.11 Å². The summed E-state index contributed by atoms with van der Waals surface area (Å²) < 4.78 is 1.57. The molecule has 6 nitrogen and oxygen atoms in total. The summed E-state index contributed by atoms with van der Waals surface area (Å²) in [6, 6.07) is 12.7. The van der Waals surface area contributed by atoms with Gasteiger partial charge in [-0.15, -0.1) is 0 Å². The fraction of sp³-hybridized carbons (Fsp3) is 0.188. The number of tetrazole rings is 1. The molecule has 8 heteroatoms. The number of benzene rings is 2. The molecule has 0 aliphatic carbocycles. The second-order valence-electron chi connectivity index (χ2n) is 5.35. The number of nitrogens with one attached hydrogen (secondary N) is 1. The maximum atomic E-state index is 10.3. The van der Waals surface area contributed by atoms with E-state index in [2.05, 4.69) is 20.8 Å². The maximum Gasteiger partial charge on any atom is 0.247 e. The van der Waals surface area contributed by atoms with Gasteiger partial charge in [-0.1, -0.05) is 46.0 Å². The fourth-order valence-electron chi connectivity index (χ4n) is 2.23. The largest absolute Gasteiger partial charge is 0.387 e. The Morgan fingerprint density at radius 3 is 2.46 bits per heavy atom. The standard InChI is InChI=1S/C16H15Cl2N5O/c1-10-2-4-14(5-3-10)23-16(20-21-22-23)19-9-15(24)11-6-12(17)8-13(18)7-11/h2-8,15,24H,9H2,1H3,(H,19,20,22). The zero-order valence-electron chi connectivity index (χ0n) is 12.8. The van der Waals surface area contributed by atoms with Gasteiger partial charge in [0, 0.05) is 16.6 Å². The van der Waals surface area contributed by atoms with Crippen molar-refractivity contribution in [2.75, 3.05) is 11.9 Å². The van der Waals surface area contributed by atoms with Crippen molar-refractivity contribution < 1.29 is 5.11 Å². The molecule has 1 heterocycles. The van der Waals surface area contributed by atoms with Crippen molar-refractivity contribution in [2.24, 2.45) is 0 Å². The Balaban J connectivity index is 1.73. The molecule has 0 aliphatic heterocycles. The number of aryl methyl sites for hydroxylation is 1. The lowest BCUT2D eigenvalue weighted by Gasteiger charge is -2.13. The fourth-order valence-corrected chi connectivity index (χ4v) is 2.77. The Hall–Kier alpha value is -2.15. The number of hydrogen-bond acceptors (Lipinski definition) is 5. The first kappa shape index (κ1) is 16.7. The molecule has 2 N–H and O–H groups in total. The number of nitrogens with zero attached hydrogens (tertiary/aromatic N) is 4. The number of halogens is 2. The second-order valence-corrected chi connectivity index (χ2v) is 6.22. The van der Waals surface area contributed by atoms with Crippen molar-refractivity contribution in [1.82, 2.24) is 20.2 Å². The average Bonchev–Trinajstić information content (AvgIpc) is 3.01. The number of hydrogen-bond donors (Lipinski definition) is 2. The Bertz CT molecular complexity index is 814. The van der Waals surface area contributed by atoms with Crippen molar-refractivity contribution in [2.45, 2.75) is 13.0 Å². The van der Waals surface area contributed by atoms with Crippen molar-refractivity contribution in [1.29, 1.82) is 0 Å². The van der Waals surface area contributed by atoms with Gasteiger partial charge in [0.25, 0.3) is 0 Å². The Morgan fingerprint density at radius 1 is 1.12 bits per heavy atom. The summed E-state index contributed by atoms with van der Waals surface area (Å²) in [6.07, 6.45) is -0.802. The third-order valence-electron chi connectivity index (χ3n) is 3.47. The Morgan fingerprint density at radius 2 is 1.79 bits per heavy atom. The van der Waals surface area contributed by atoms with Gasteiger partial charge in [0.15, 0.2) is 0 Å². The Labute approximate surface area is 149 Å². The highest BCUT2D eigenvalue weighted by atomic mass is 35.5. The first-order chi connectivity index (χ1) is 11.5. The van der Waals surface area contributed by atoms with E-state index in [0.717, 1.165) is 11.3 Å². The first-order valence-corrected chi connectivity index (χ1v) is 8.02. The van der Waals surface area contributed by atoms with Crippen LogP contribution in [0.1, 0.15) is 17.2 Å². The van der Waals surface area contributed by atoms with E-state index in [0.29, 0.717) is 21.6 Å². The minimum atomic E-state index is -0.802. The van der Waals surface area contributed by atoms with Crippen LogP contribution < -0.4 is 5.32 Å². The molecule has 24 heavy (non-hydrogen) atoms. The van der Waals surface area contributed by atoms with Gasteiger partial charge in [-0.2, -0.15) is 4.68 Å². The molecule has 124 valence electrons. The topological polar surface area (TPSA) is 75.9 Å². The van der Waals surface area contributed by atoms with E-state index < -0.39 is 6.10 Å². The van der Waals surface area contributed by atoms with Crippen LogP contribution in [-0.4, -0.2) is 31.9 Å². The van der Waals surface area contributed by atoms with Gasteiger partial charge in [-0.05, 0) is 53.2 Å². The molecule has 1 aromatic heterocycles. The van der Waals surface area contributed by atoms with Crippen molar-refractivity contribution in [3.63, 3.8) is 0 Å². The lowest BCUT2D eigenvalue weighted by atomic mass is 10.1. The lowest BCUT2D eigenvalue weighted by molar-refractivity contribution is 0.191. The summed E-state index contributed by atoms with van der Waals surface area (Å²) in [5, 5.41) is 25.9. The molecule has 3 aromatic rings. The SMILES string of the molecule is Cc1ccc(-n2nnnc2NCC(O)c2cc(Cl)cc(Cl)c2)cc1. The number of aliphatic hydroxyl groups is 1. The van der Waals surface area contributed by atoms with Gasteiger partial charge in [0.05, 0.1) is 11.8 Å². The van der Waals surface area contributed by atoms with E-state index in [1.807, 2.05) is 31.2 Å². The molecule has 0 radical (unpaired) electrons. The monoisotopic (exact) mass is 363 g/mol. The van der Waals surface area contributed by atoms with Crippen LogP contribution in [0, 0.1) is 6.92 Å². The van der Waals surface area contributed by atoms with Gasteiger partial charge in [-0.25, -0.2) is 0 Å². The van der Waals surface area contributed by atoms with E-state index in [-0.39, 0.29) is 6.54 Å². The second kappa shape index (κ2) is 7.17. The van der Waals surface area contributed by atoms with Crippen LogP contribution in [0.5, 0.6) is 0 Å². The number of aliphatic hydroxyl groups excluding tert-OH is 1. The minimum absolute atomic E-state index is 0.211. The summed E-state index contributed by atoms with van der Waals surface area (Å²) in [4.78, 5) is 0. The van der Waals surface area contributed by atoms with E-state index in [1.165, 1.54) is 0 Å². The molecule has 0 fully saturated rings. The number of anilines is 1. The van der Waals surface area contributed by atoms with E-state index in [4.69, 9.17) is 23.2 Å².